The van der Waals surface area contributed by atoms with Crippen molar-refractivity contribution in [1.82, 2.24) is 14.8 Å². The molecule has 1 amide bonds. The van der Waals surface area contributed by atoms with Gasteiger partial charge >= 0.3 is 0 Å². The van der Waals surface area contributed by atoms with E-state index in [1.807, 2.05) is 36.6 Å². The van der Waals surface area contributed by atoms with Gasteiger partial charge in [0, 0.05) is 11.4 Å². The number of carbonyl (C=O) groups excluding carboxylic acids is 1. The maximum Gasteiger partial charge on any atom is 0.235 e. The molecule has 0 spiro atoms. The molecule has 184 valence electrons. The number of benzene rings is 1. The van der Waals surface area contributed by atoms with Crippen LogP contribution in [0.15, 0.2) is 29.4 Å². The molecule has 35 heavy (non-hydrogen) atoms. The van der Waals surface area contributed by atoms with Crippen molar-refractivity contribution in [2.45, 2.75) is 70.2 Å². The molecule has 1 aliphatic rings. The second-order valence-electron chi connectivity index (χ2n) is 8.35. The number of nitrogens with zero attached hydrogens (tertiary/aromatic N) is 4. The number of aryl methyl sites for hydroxylation is 1. The molecule has 1 aliphatic carbocycles. The number of aromatic nitrogens is 3. The molecule has 1 N–H and O–H groups in total. The van der Waals surface area contributed by atoms with Crippen LogP contribution in [0.1, 0.15) is 67.5 Å². The van der Waals surface area contributed by atoms with Crippen molar-refractivity contribution in [2.75, 3.05) is 11.1 Å². The molecule has 1 unspecified atom stereocenters. The minimum Gasteiger partial charge on any atom is -0.481 e. The highest BCUT2D eigenvalue weighted by atomic mass is 35.5. The molecule has 1 atom stereocenters. The summed E-state index contributed by atoms with van der Waals surface area (Å²) < 4.78 is 7.94. The van der Waals surface area contributed by atoms with Gasteiger partial charge in [0.25, 0.3) is 0 Å². The Kier molecular flexibility index (Phi) is 8.71. The van der Waals surface area contributed by atoms with Gasteiger partial charge in [0.1, 0.15) is 16.8 Å². The van der Waals surface area contributed by atoms with E-state index in [0.29, 0.717) is 38.9 Å². The number of anilines is 1. The van der Waals surface area contributed by atoms with Crippen molar-refractivity contribution in [2.24, 2.45) is 0 Å². The average Bonchev–Trinajstić information content (AvgIpc) is 3.39. The number of halogens is 1. The minimum absolute atomic E-state index is 0.159. The summed E-state index contributed by atoms with van der Waals surface area (Å²) in [4.78, 5) is 14.0. The highest BCUT2D eigenvalue weighted by Gasteiger charge is 2.22. The first-order valence-electron chi connectivity index (χ1n) is 11.8. The van der Waals surface area contributed by atoms with E-state index in [4.69, 9.17) is 16.3 Å². The van der Waals surface area contributed by atoms with Gasteiger partial charge in [-0.05, 0) is 57.2 Å². The minimum atomic E-state index is -0.366. The van der Waals surface area contributed by atoms with Gasteiger partial charge in [-0.25, -0.2) is 0 Å². The van der Waals surface area contributed by atoms with Crippen molar-refractivity contribution in [3.8, 4) is 11.8 Å². The van der Waals surface area contributed by atoms with Gasteiger partial charge in [0.05, 0.1) is 16.3 Å². The number of rotatable bonds is 8. The zero-order valence-corrected chi connectivity index (χ0v) is 22.2. The fourth-order valence-corrected chi connectivity index (χ4v) is 6.45. The zero-order chi connectivity index (χ0) is 24.8. The molecule has 0 fully saturated rings. The summed E-state index contributed by atoms with van der Waals surface area (Å²) in [6.45, 7) is 4.53. The second kappa shape index (κ2) is 11.9. The number of nitrogens with one attached hydrogen (secondary N) is 1. The predicted octanol–water partition coefficient (Wildman–Crippen LogP) is 6.41. The van der Waals surface area contributed by atoms with E-state index < -0.39 is 0 Å². The molecule has 0 aliphatic heterocycles. The Morgan fingerprint density at radius 3 is 2.80 bits per heavy atom. The lowest BCUT2D eigenvalue weighted by molar-refractivity contribution is -0.113. The Balaban J connectivity index is 1.42. The van der Waals surface area contributed by atoms with Crippen molar-refractivity contribution in [3.05, 3.63) is 51.1 Å². The van der Waals surface area contributed by atoms with Gasteiger partial charge in [0.15, 0.2) is 17.1 Å². The number of hydrogen-bond acceptors (Lipinski definition) is 7. The lowest BCUT2D eigenvalue weighted by atomic mass is 9.97. The summed E-state index contributed by atoms with van der Waals surface area (Å²) in [6.07, 6.45) is 6.17. The number of amides is 1. The van der Waals surface area contributed by atoms with Crippen molar-refractivity contribution in [3.63, 3.8) is 0 Å². The average molecular weight is 530 g/mol. The van der Waals surface area contributed by atoms with Crippen LogP contribution in [0, 0.1) is 11.3 Å². The number of thioether (sulfide) groups is 1. The summed E-state index contributed by atoms with van der Waals surface area (Å²) in [5.74, 6) is 1.26. The summed E-state index contributed by atoms with van der Waals surface area (Å²) in [5, 5.41) is 23.2. The van der Waals surface area contributed by atoms with Gasteiger partial charge < -0.3 is 14.6 Å². The van der Waals surface area contributed by atoms with Gasteiger partial charge in [0.2, 0.25) is 5.91 Å². The van der Waals surface area contributed by atoms with Crippen LogP contribution in [-0.2, 0) is 24.2 Å². The van der Waals surface area contributed by atoms with Gasteiger partial charge in [-0.2, -0.15) is 5.26 Å². The topological polar surface area (TPSA) is 92.8 Å². The molecule has 0 radical (unpaired) electrons. The van der Waals surface area contributed by atoms with Gasteiger partial charge in [-0.1, -0.05) is 48.3 Å². The fourth-order valence-electron chi connectivity index (χ4n) is 4.21. The molecule has 0 saturated heterocycles. The van der Waals surface area contributed by atoms with Crippen LogP contribution in [0.2, 0.25) is 5.02 Å². The Hall–Kier alpha value is -2.54. The summed E-state index contributed by atoms with van der Waals surface area (Å²) in [5.41, 5.74) is 1.76. The Morgan fingerprint density at radius 1 is 1.29 bits per heavy atom. The molecular weight excluding hydrogens is 502 g/mol. The largest absolute Gasteiger partial charge is 0.481 e. The van der Waals surface area contributed by atoms with E-state index in [0.717, 1.165) is 31.2 Å². The lowest BCUT2D eigenvalue weighted by Crippen LogP contribution is -2.15. The molecule has 10 heteroatoms. The summed E-state index contributed by atoms with van der Waals surface area (Å²) in [6, 6.07) is 9.63. The number of thiophene rings is 1. The molecule has 2 aromatic heterocycles. The van der Waals surface area contributed by atoms with Crippen LogP contribution in [-0.4, -0.2) is 26.4 Å². The lowest BCUT2D eigenvalue weighted by Gasteiger charge is -2.16. The van der Waals surface area contributed by atoms with Crippen molar-refractivity contribution >= 4 is 45.6 Å². The first kappa shape index (κ1) is 25.5. The third-order valence-electron chi connectivity index (χ3n) is 5.93. The first-order valence-corrected chi connectivity index (χ1v) is 14.0. The van der Waals surface area contributed by atoms with E-state index in [9.17, 15) is 10.1 Å². The molecule has 7 nitrogen and oxygen atoms in total. The van der Waals surface area contributed by atoms with E-state index >= 15 is 0 Å². The van der Waals surface area contributed by atoms with E-state index in [1.54, 1.807) is 17.4 Å². The molecule has 0 bridgehead atoms. The number of carbonyl (C=O) groups is 1. The SMILES string of the molecule is CCn1c(SCC(=O)Nc2sc3c(c2C#N)CCCCCC3)nnc1C(C)Oc1ccccc1Cl. The monoisotopic (exact) mass is 529 g/mol. The number of ether oxygens (including phenoxy) is 1. The Morgan fingerprint density at radius 2 is 2.06 bits per heavy atom. The standard InChI is InChI=1S/C25H28ClN5O2S2/c1-3-31-23(16(2)33-20-12-9-8-11-19(20)26)29-30-25(31)34-15-22(32)28-24-18(14-27)17-10-6-4-5-7-13-21(17)35-24/h8-9,11-12,16H,3-7,10,13,15H2,1-2H3,(H,28,32). The molecule has 4 rings (SSSR count). The highest BCUT2D eigenvalue weighted by molar-refractivity contribution is 7.99. The molecule has 3 aromatic rings. The van der Waals surface area contributed by atoms with Crippen LogP contribution in [0.3, 0.4) is 0 Å². The van der Waals surface area contributed by atoms with E-state index in [2.05, 4.69) is 21.6 Å². The highest BCUT2D eigenvalue weighted by Crippen LogP contribution is 2.37. The van der Waals surface area contributed by atoms with Crippen molar-refractivity contribution in [1.29, 1.82) is 5.26 Å². The van der Waals surface area contributed by atoms with E-state index in [1.165, 1.54) is 29.5 Å². The molecule has 1 aromatic carbocycles. The molecule has 2 heterocycles. The summed E-state index contributed by atoms with van der Waals surface area (Å²) in [7, 11) is 0. The third kappa shape index (κ3) is 6.00. The summed E-state index contributed by atoms with van der Waals surface area (Å²) >= 11 is 9.09. The zero-order valence-electron chi connectivity index (χ0n) is 19.8. The molecular formula is C25H28ClN5O2S2. The third-order valence-corrected chi connectivity index (χ3v) is 8.42. The van der Waals surface area contributed by atoms with Crippen LogP contribution in [0.4, 0.5) is 5.00 Å². The van der Waals surface area contributed by atoms with Crippen LogP contribution in [0.25, 0.3) is 0 Å². The van der Waals surface area contributed by atoms with Crippen molar-refractivity contribution < 1.29 is 9.53 Å². The predicted molar refractivity (Wildman–Crippen MR) is 140 cm³/mol. The smallest absolute Gasteiger partial charge is 0.235 e. The number of fused-ring (bicyclic) bond motifs is 1. The maximum atomic E-state index is 12.8. The van der Waals surface area contributed by atoms with Crippen LogP contribution >= 0.6 is 34.7 Å². The quantitative estimate of drug-likeness (QED) is 0.339. The normalized spacial score (nSPS) is 14.3. The van der Waals surface area contributed by atoms with Gasteiger partial charge in [-0.15, -0.1) is 21.5 Å². The maximum absolute atomic E-state index is 12.8. The second-order valence-corrected chi connectivity index (χ2v) is 10.8. The number of para-hydroxylation sites is 1. The fraction of sp³-hybridized carbons (Fsp3) is 0.440. The first-order chi connectivity index (χ1) is 17.0. The van der Waals surface area contributed by atoms with Crippen LogP contribution < -0.4 is 10.1 Å². The van der Waals surface area contributed by atoms with Crippen LogP contribution in [0.5, 0.6) is 5.75 Å². The van der Waals surface area contributed by atoms with E-state index in [-0.39, 0.29) is 17.8 Å². The van der Waals surface area contributed by atoms with Gasteiger partial charge in [-0.3, -0.25) is 4.79 Å². The number of nitriles is 1. The number of hydrogen-bond donors (Lipinski definition) is 1. The molecule has 0 saturated carbocycles. The Bertz CT molecular complexity index is 1230. The Labute approximate surface area is 218 Å².